The maximum atomic E-state index is 5.26. The van der Waals surface area contributed by atoms with Gasteiger partial charge in [0.25, 0.3) is 0 Å². The van der Waals surface area contributed by atoms with E-state index in [2.05, 4.69) is 38.8 Å². The van der Waals surface area contributed by atoms with Crippen LogP contribution in [0.25, 0.3) is 0 Å². The van der Waals surface area contributed by atoms with Crippen LogP contribution >= 0.6 is 11.3 Å². The third kappa shape index (κ3) is 3.65. The number of rotatable bonds is 4. The van der Waals surface area contributed by atoms with E-state index < -0.39 is 0 Å². The van der Waals surface area contributed by atoms with Crippen LogP contribution in [0, 0.1) is 12.3 Å². The average Bonchev–Trinajstić information content (AvgIpc) is 3.21. The quantitative estimate of drug-likeness (QED) is 0.838. The molecule has 6 heteroatoms. The first-order chi connectivity index (χ1) is 12.2. The number of anilines is 1. The Bertz CT molecular complexity index is 734. The van der Waals surface area contributed by atoms with E-state index in [9.17, 15) is 0 Å². The van der Waals surface area contributed by atoms with Gasteiger partial charge in [-0.05, 0) is 44.9 Å². The Morgan fingerprint density at radius 3 is 2.92 bits per heavy atom. The number of methoxy groups -OCH3 is 1. The largest absolute Gasteiger partial charge is 0.481 e. The molecule has 2 aliphatic heterocycles. The topological polar surface area (TPSA) is 41.5 Å². The van der Waals surface area contributed by atoms with Crippen molar-refractivity contribution in [3.05, 3.63) is 34.3 Å². The van der Waals surface area contributed by atoms with Crippen molar-refractivity contribution in [2.45, 2.75) is 32.7 Å². The molecule has 2 fully saturated rings. The van der Waals surface area contributed by atoms with Gasteiger partial charge in [-0.25, -0.2) is 9.97 Å². The maximum absolute atomic E-state index is 5.26. The molecule has 0 amide bonds. The summed E-state index contributed by atoms with van der Waals surface area (Å²) in [5.74, 6) is 1.64. The van der Waals surface area contributed by atoms with Crippen molar-refractivity contribution in [3.63, 3.8) is 0 Å². The Hall–Kier alpha value is -1.66. The van der Waals surface area contributed by atoms with Crippen molar-refractivity contribution < 1.29 is 4.74 Å². The first-order valence-corrected chi connectivity index (χ1v) is 9.86. The molecule has 0 aromatic carbocycles. The highest BCUT2D eigenvalue weighted by Gasteiger charge is 2.41. The molecule has 2 aromatic heterocycles. The molecule has 134 valence electrons. The smallest absolute Gasteiger partial charge is 0.218 e. The molecule has 0 saturated carbocycles. The minimum absolute atomic E-state index is 0.405. The molecule has 1 spiro atoms. The van der Waals surface area contributed by atoms with Crippen LogP contribution in [0.4, 0.5) is 5.82 Å². The molecule has 5 nitrogen and oxygen atoms in total. The van der Waals surface area contributed by atoms with Crippen LogP contribution in [0.1, 0.15) is 29.0 Å². The molecular formula is C19H26N4OS. The lowest BCUT2D eigenvalue weighted by Crippen LogP contribution is -2.45. The molecule has 2 aliphatic rings. The molecule has 25 heavy (non-hydrogen) atoms. The van der Waals surface area contributed by atoms with Gasteiger partial charge in [0, 0.05) is 47.4 Å². The van der Waals surface area contributed by atoms with Crippen molar-refractivity contribution in [2.24, 2.45) is 5.41 Å². The van der Waals surface area contributed by atoms with Crippen LogP contribution in [0.15, 0.2) is 24.5 Å². The zero-order chi connectivity index (χ0) is 17.3. The Labute approximate surface area is 153 Å². The summed E-state index contributed by atoms with van der Waals surface area (Å²) in [5, 5.41) is 0. The lowest BCUT2D eigenvalue weighted by Gasteiger charge is -2.41. The number of aryl methyl sites for hydroxylation is 1. The summed E-state index contributed by atoms with van der Waals surface area (Å²) in [5.41, 5.74) is 0.405. The number of ether oxygens (including phenoxy) is 1. The van der Waals surface area contributed by atoms with Crippen molar-refractivity contribution >= 4 is 17.2 Å². The highest BCUT2D eigenvalue weighted by molar-refractivity contribution is 7.11. The molecule has 0 bridgehead atoms. The first kappa shape index (κ1) is 16.8. The van der Waals surface area contributed by atoms with Crippen molar-refractivity contribution in [1.29, 1.82) is 0 Å². The summed E-state index contributed by atoms with van der Waals surface area (Å²) in [4.78, 5) is 16.6. The van der Waals surface area contributed by atoms with Crippen molar-refractivity contribution in [3.8, 4) is 5.88 Å². The minimum atomic E-state index is 0.405. The molecule has 0 N–H and O–H groups in total. The Morgan fingerprint density at radius 1 is 1.20 bits per heavy atom. The van der Waals surface area contributed by atoms with Gasteiger partial charge in [-0.1, -0.05) is 0 Å². The van der Waals surface area contributed by atoms with Gasteiger partial charge in [0.15, 0.2) is 0 Å². The van der Waals surface area contributed by atoms with Gasteiger partial charge in [0.05, 0.1) is 7.11 Å². The van der Waals surface area contributed by atoms with E-state index in [1.54, 1.807) is 13.4 Å². The fourth-order valence-electron chi connectivity index (χ4n) is 4.30. The van der Waals surface area contributed by atoms with E-state index >= 15 is 0 Å². The summed E-state index contributed by atoms with van der Waals surface area (Å²) in [7, 11) is 1.66. The zero-order valence-corrected chi connectivity index (χ0v) is 15.9. The third-order valence-corrected chi connectivity index (χ3v) is 6.50. The third-order valence-electron chi connectivity index (χ3n) is 5.51. The van der Waals surface area contributed by atoms with E-state index in [0.29, 0.717) is 11.3 Å². The predicted octanol–water partition coefficient (Wildman–Crippen LogP) is 3.35. The normalized spacial score (nSPS) is 24.2. The molecule has 4 heterocycles. The van der Waals surface area contributed by atoms with Crippen LogP contribution in [-0.2, 0) is 6.54 Å². The van der Waals surface area contributed by atoms with Gasteiger partial charge in [-0.2, -0.15) is 0 Å². The van der Waals surface area contributed by atoms with E-state index in [1.165, 1.54) is 42.1 Å². The molecule has 1 unspecified atom stereocenters. The van der Waals surface area contributed by atoms with Crippen LogP contribution < -0.4 is 9.64 Å². The van der Waals surface area contributed by atoms with E-state index in [4.69, 9.17) is 4.74 Å². The van der Waals surface area contributed by atoms with Gasteiger partial charge < -0.3 is 9.64 Å². The van der Waals surface area contributed by atoms with Gasteiger partial charge in [-0.15, -0.1) is 11.3 Å². The SMILES string of the molecule is COc1cc(N2CCCC3(CCN(Cc4ccc(C)s4)C3)C2)ncn1. The molecule has 2 aromatic rings. The summed E-state index contributed by atoms with van der Waals surface area (Å²) < 4.78 is 5.26. The number of hydrogen-bond donors (Lipinski definition) is 0. The summed E-state index contributed by atoms with van der Waals surface area (Å²) in [6, 6.07) is 6.47. The molecule has 0 radical (unpaired) electrons. The number of hydrogen-bond acceptors (Lipinski definition) is 6. The summed E-state index contributed by atoms with van der Waals surface area (Å²) >= 11 is 1.93. The second kappa shape index (κ2) is 6.92. The number of aromatic nitrogens is 2. The van der Waals surface area contributed by atoms with E-state index in [0.717, 1.165) is 25.5 Å². The number of nitrogens with zero attached hydrogens (tertiary/aromatic N) is 4. The molecular weight excluding hydrogens is 332 g/mol. The lowest BCUT2D eigenvalue weighted by atomic mass is 9.79. The number of likely N-dealkylation sites (tertiary alicyclic amines) is 1. The average molecular weight is 359 g/mol. The van der Waals surface area contributed by atoms with Gasteiger partial charge in [0.2, 0.25) is 5.88 Å². The summed E-state index contributed by atoms with van der Waals surface area (Å²) in [6.07, 6.45) is 5.45. The van der Waals surface area contributed by atoms with Crippen LogP contribution in [0.3, 0.4) is 0 Å². The summed E-state index contributed by atoms with van der Waals surface area (Å²) in [6.45, 7) is 7.86. The van der Waals surface area contributed by atoms with Crippen molar-refractivity contribution in [2.75, 3.05) is 38.2 Å². The molecule has 2 saturated heterocycles. The Balaban J connectivity index is 1.43. The lowest BCUT2D eigenvalue weighted by molar-refractivity contribution is 0.216. The van der Waals surface area contributed by atoms with Crippen LogP contribution in [0.2, 0.25) is 0 Å². The first-order valence-electron chi connectivity index (χ1n) is 9.04. The minimum Gasteiger partial charge on any atom is -0.481 e. The van der Waals surface area contributed by atoms with E-state index in [1.807, 2.05) is 17.4 Å². The van der Waals surface area contributed by atoms with Gasteiger partial charge in [0.1, 0.15) is 12.1 Å². The highest BCUT2D eigenvalue weighted by Crippen LogP contribution is 2.40. The highest BCUT2D eigenvalue weighted by atomic mass is 32.1. The van der Waals surface area contributed by atoms with Gasteiger partial charge in [-0.3, -0.25) is 4.90 Å². The maximum Gasteiger partial charge on any atom is 0.218 e. The van der Waals surface area contributed by atoms with E-state index in [-0.39, 0.29) is 0 Å². The second-order valence-corrected chi connectivity index (χ2v) is 8.79. The molecule has 4 rings (SSSR count). The Kier molecular flexibility index (Phi) is 4.65. The fraction of sp³-hybridized carbons (Fsp3) is 0.579. The monoisotopic (exact) mass is 358 g/mol. The predicted molar refractivity (Wildman–Crippen MR) is 101 cm³/mol. The standard InChI is InChI=1S/C19H26N4OS/c1-15-4-5-16(25-15)11-22-9-7-19(12-22)6-3-8-23(13-19)17-10-18(24-2)21-14-20-17/h4-5,10,14H,3,6-9,11-13H2,1-2H3. The van der Waals surface area contributed by atoms with Crippen LogP contribution in [0.5, 0.6) is 5.88 Å². The fourth-order valence-corrected chi connectivity index (χ4v) is 5.24. The number of piperidine rings is 1. The van der Waals surface area contributed by atoms with Crippen molar-refractivity contribution in [1.82, 2.24) is 14.9 Å². The number of thiophene rings is 1. The zero-order valence-electron chi connectivity index (χ0n) is 15.1. The van der Waals surface area contributed by atoms with Gasteiger partial charge >= 0.3 is 0 Å². The second-order valence-electron chi connectivity index (χ2n) is 7.42. The van der Waals surface area contributed by atoms with Crippen LogP contribution in [-0.4, -0.2) is 48.2 Å². The molecule has 0 aliphatic carbocycles. The Morgan fingerprint density at radius 2 is 2.12 bits per heavy atom. The molecule has 1 atom stereocenters.